The number of thioether (sulfide) groups is 1. The Hall–Kier alpha value is -2.85. The van der Waals surface area contributed by atoms with Crippen LogP contribution in [0.1, 0.15) is 22.3 Å². The monoisotopic (exact) mass is 390 g/mol. The highest BCUT2D eigenvalue weighted by Gasteiger charge is 2.22. The van der Waals surface area contributed by atoms with Crippen molar-refractivity contribution in [3.8, 4) is 11.1 Å². The Balaban J connectivity index is 1.64. The van der Waals surface area contributed by atoms with Gasteiger partial charge in [-0.25, -0.2) is 0 Å². The number of hydrogen-bond acceptors (Lipinski definition) is 3. The Morgan fingerprint density at radius 3 is 2.00 bits per heavy atom. The number of Topliss-reactive ketones (excluding diaryl/α,β-unsaturated/α-hetero) is 1. The molecule has 28 heavy (non-hydrogen) atoms. The summed E-state index contributed by atoms with van der Waals surface area (Å²) in [5.74, 6) is -1.42. The van der Waals surface area contributed by atoms with Crippen molar-refractivity contribution < 1.29 is 14.7 Å². The molecule has 3 rings (SSSR count). The fourth-order valence-electron chi connectivity index (χ4n) is 2.87. The number of ketones is 1. The lowest BCUT2D eigenvalue weighted by Gasteiger charge is -2.12. The zero-order chi connectivity index (χ0) is 19.9. The number of carboxylic acid groups (broad SMARTS) is 1. The van der Waals surface area contributed by atoms with Crippen LogP contribution in [-0.2, 0) is 4.79 Å². The van der Waals surface area contributed by atoms with Crippen LogP contribution in [0.2, 0.25) is 0 Å². The normalized spacial score (nSPS) is 11.8. The maximum Gasteiger partial charge on any atom is 0.307 e. The zero-order valence-corrected chi connectivity index (χ0v) is 16.5. The molecule has 0 aliphatic rings. The number of hydrogen-bond donors (Lipinski definition) is 1. The van der Waals surface area contributed by atoms with Gasteiger partial charge in [-0.15, -0.1) is 11.8 Å². The van der Waals surface area contributed by atoms with E-state index in [1.165, 1.54) is 17.3 Å². The van der Waals surface area contributed by atoms with Crippen molar-refractivity contribution in [3.63, 3.8) is 0 Å². The number of aryl methyl sites for hydroxylation is 1. The number of carbonyl (C=O) groups is 2. The molecule has 0 spiro atoms. The maximum atomic E-state index is 12.6. The van der Waals surface area contributed by atoms with E-state index in [0.717, 1.165) is 16.0 Å². The molecule has 0 heterocycles. The number of benzene rings is 3. The average molecular weight is 391 g/mol. The summed E-state index contributed by atoms with van der Waals surface area (Å²) in [6, 6.07) is 25.2. The summed E-state index contributed by atoms with van der Waals surface area (Å²) in [5, 5.41) is 9.50. The first-order valence-corrected chi connectivity index (χ1v) is 10.1. The van der Waals surface area contributed by atoms with E-state index in [9.17, 15) is 14.7 Å². The second-order valence-electron chi connectivity index (χ2n) is 6.73. The molecule has 0 saturated heterocycles. The van der Waals surface area contributed by atoms with Crippen molar-refractivity contribution >= 4 is 23.5 Å². The average Bonchev–Trinajstić information content (AvgIpc) is 2.72. The fourth-order valence-corrected chi connectivity index (χ4v) is 3.87. The van der Waals surface area contributed by atoms with Crippen LogP contribution >= 0.6 is 11.8 Å². The van der Waals surface area contributed by atoms with Gasteiger partial charge in [0.25, 0.3) is 0 Å². The first-order valence-electron chi connectivity index (χ1n) is 9.14. The van der Waals surface area contributed by atoms with Gasteiger partial charge in [0.2, 0.25) is 0 Å². The molecule has 3 aromatic carbocycles. The van der Waals surface area contributed by atoms with Gasteiger partial charge in [-0.1, -0.05) is 72.3 Å². The van der Waals surface area contributed by atoms with Crippen molar-refractivity contribution in [2.24, 2.45) is 5.92 Å². The summed E-state index contributed by atoms with van der Waals surface area (Å²) in [5.41, 5.74) is 3.87. The second-order valence-corrected chi connectivity index (χ2v) is 7.82. The van der Waals surface area contributed by atoms with Gasteiger partial charge in [0.1, 0.15) is 0 Å². The minimum atomic E-state index is -0.937. The molecular weight excluding hydrogens is 368 g/mol. The lowest BCUT2D eigenvalue weighted by atomic mass is 9.97. The Bertz CT molecular complexity index is 932. The summed E-state index contributed by atoms with van der Waals surface area (Å²) in [4.78, 5) is 25.2. The van der Waals surface area contributed by atoms with Gasteiger partial charge >= 0.3 is 5.97 Å². The summed E-state index contributed by atoms with van der Waals surface area (Å²) in [6.45, 7) is 2.04. The van der Waals surface area contributed by atoms with Crippen LogP contribution in [0.25, 0.3) is 11.1 Å². The van der Waals surface area contributed by atoms with E-state index < -0.39 is 11.9 Å². The van der Waals surface area contributed by atoms with Crippen LogP contribution in [0.5, 0.6) is 0 Å². The van der Waals surface area contributed by atoms with Crippen LogP contribution < -0.4 is 0 Å². The third-order valence-corrected chi connectivity index (χ3v) is 5.74. The predicted octanol–water partition coefficient (Wildman–Crippen LogP) is 5.73. The first-order chi connectivity index (χ1) is 13.5. The molecule has 142 valence electrons. The standard InChI is InChI=1S/C24H22O3S/c1-17-7-9-18(10-8-17)19-11-13-20(14-12-19)23(25)15-21(24(26)27)16-28-22-5-3-2-4-6-22/h2-14,21H,15-16H2,1H3,(H,26,27). The fraction of sp³-hybridized carbons (Fsp3) is 0.167. The summed E-state index contributed by atoms with van der Waals surface area (Å²) in [7, 11) is 0. The lowest BCUT2D eigenvalue weighted by molar-refractivity contribution is -0.140. The van der Waals surface area contributed by atoms with Crippen LogP contribution in [0.15, 0.2) is 83.8 Å². The molecular formula is C24H22O3S. The van der Waals surface area contributed by atoms with Gasteiger partial charge in [-0.2, -0.15) is 0 Å². The highest BCUT2D eigenvalue weighted by atomic mass is 32.2. The van der Waals surface area contributed by atoms with Crippen LogP contribution in [-0.4, -0.2) is 22.6 Å². The van der Waals surface area contributed by atoms with Crippen LogP contribution in [0.4, 0.5) is 0 Å². The van der Waals surface area contributed by atoms with E-state index in [-0.39, 0.29) is 12.2 Å². The molecule has 0 radical (unpaired) electrons. The summed E-state index contributed by atoms with van der Waals surface area (Å²) < 4.78 is 0. The number of aliphatic carboxylic acids is 1. The van der Waals surface area contributed by atoms with Gasteiger partial charge in [0.15, 0.2) is 5.78 Å². The minimum Gasteiger partial charge on any atom is -0.481 e. The van der Waals surface area contributed by atoms with E-state index in [2.05, 4.69) is 12.1 Å². The zero-order valence-electron chi connectivity index (χ0n) is 15.7. The molecule has 3 aromatic rings. The van der Waals surface area contributed by atoms with Crippen LogP contribution in [0, 0.1) is 12.8 Å². The molecule has 0 aliphatic carbocycles. The van der Waals surface area contributed by atoms with E-state index in [4.69, 9.17) is 0 Å². The quantitative estimate of drug-likeness (QED) is 0.394. The van der Waals surface area contributed by atoms with E-state index in [1.54, 1.807) is 12.1 Å². The molecule has 3 nitrogen and oxygen atoms in total. The largest absolute Gasteiger partial charge is 0.481 e. The summed E-state index contributed by atoms with van der Waals surface area (Å²) in [6.07, 6.45) is -0.000947. The highest BCUT2D eigenvalue weighted by Crippen LogP contribution is 2.24. The Kier molecular flexibility index (Phi) is 6.66. The van der Waals surface area contributed by atoms with Crippen molar-refractivity contribution in [3.05, 3.63) is 90.0 Å². The van der Waals surface area contributed by atoms with Gasteiger partial charge in [-0.3, -0.25) is 9.59 Å². The molecule has 1 N–H and O–H groups in total. The maximum absolute atomic E-state index is 12.6. The second kappa shape index (κ2) is 9.38. The number of carboxylic acids is 1. The Morgan fingerprint density at radius 1 is 0.857 bits per heavy atom. The topological polar surface area (TPSA) is 54.4 Å². The van der Waals surface area contributed by atoms with Crippen molar-refractivity contribution in [2.75, 3.05) is 5.75 Å². The molecule has 4 heteroatoms. The SMILES string of the molecule is Cc1ccc(-c2ccc(C(=O)CC(CSc3ccccc3)C(=O)O)cc2)cc1. The number of rotatable bonds is 8. The molecule has 0 fully saturated rings. The van der Waals surface area contributed by atoms with E-state index in [1.807, 2.05) is 61.5 Å². The Labute approximate surface area is 169 Å². The lowest BCUT2D eigenvalue weighted by Crippen LogP contribution is -2.20. The molecule has 0 aliphatic heterocycles. The van der Waals surface area contributed by atoms with Crippen molar-refractivity contribution in [1.82, 2.24) is 0 Å². The van der Waals surface area contributed by atoms with Crippen LogP contribution in [0.3, 0.4) is 0 Å². The van der Waals surface area contributed by atoms with Crippen molar-refractivity contribution in [2.45, 2.75) is 18.2 Å². The molecule has 0 amide bonds. The third kappa shape index (κ3) is 5.33. The minimum absolute atomic E-state index is 0.000947. The molecule has 1 atom stereocenters. The highest BCUT2D eigenvalue weighted by molar-refractivity contribution is 7.99. The van der Waals surface area contributed by atoms with Gasteiger partial charge < -0.3 is 5.11 Å². The molecule has 0 saturated carbocycles. The molecule has 0 aromatic heterocycles. The smallest absolute Gasteiger partial charge is 0.307 e. The van der Waals surface area contributed by atoms with Crippen molar-refractivity contribution in [1.29, 1.82) is 0 Å². The molecule has 1 unspecified atom stereocenters. The molecule has 0 bridgehead atoms. The van der Waals surface area contributed by atoms with E-state index >= 15 is 0 Å². The Morgan fingerprint density at radius 2 is 1.43 bits per heavy atom. The summed E-state index contributed by atoms with van der Waals surface area (Å²) >= 11 is 1.46. The first kappa shape index (κ1) is 19.9. The van der Waals surface area contributed by atoms with Gasteiger partial charge in [-0.05, 0) is 30.2 Å². The number of carbonyl (C=O) groups excluding carboxylic acids is 1. The van der Waals surface area contributed by atoms with Gasteiger partial charge in [0, 0.05) is 22.6 Å². The van der Waals surface area contributed by atoms with E-state index in [0.29, 0.717) is 11.3 Å². The third-order valence-electron chi connectivity index (χ3n) is 4.57. The predicted molar refractivity (Wildman–Crippen MR) is 114 cm³/mol. The van der Waals surface area contributed by atoms with Gasteiger partial charge in [0.05, 0.1) is 5.92 Å².